The highest BCUT2D eigenvalue weighted by Crippen LogP contribution is 2.41. The van der Waals surface area contributed by atoms with Gasteiger partial charge >= 0.3 is 0 Å². The van der Waals surface area contributed by atoms with Gasteiger partial charge in [-0.3, -0.25) is 9.36 Å². The molecule has 6 rings (SSSR count). The van der Waals surface area contributed by atoms with Gasteiger partial charge in [-0.2, -0.15) is 10.2 Å². The van der Waals surface area contributed by atoms with Gasteiger partial charge in [0, 0.05) is 60.6 Å². The Balaban J connectivity index is 1.25. The van der Waals surface area contributed by atoms with Crippen LogP contribution in [0.3, 0.4) is 0 Å². The van der Waals surface area contributed by atoms with Gasteiger partial charge < -0.3 is 15.1 Å². The van der Waals surface area contributed by atoms with Crippen molar-refractivity contribution in [2.45, 2.75) is 31.7 Å². The number of nitrogens with zero attached hydrogens (tertiary/aromatic N) is 6. The van der Waals surface area contributed by atoms with Crippen LogP contribution in [0.25, 0.3) is 11.0 Å². The lowest BCUT2D eigenvalue weighted by Gasteiger charge is -2.60. The summed E-state index contributed by atoms with van der Waals surface area (Å²) in [5.41, 5.74) is 3.13. The number of hydrogen-bond donors (Lipinski definition) is 1. The lowest BCUT2D eigenvalue weighted by atomic mass is 9.73. The molecule has 1 spiro atoms. The average molecular weight is 442 g/mol. The maximum absolute atomic E-state index is 12.9. The van der Waals surface area contributed by atoms with E-state index in [9.17, 15) is 10.1 Å². The van der Waals surface area contributed by atoms with Crippen LogP contribution in [0, 0.1) is 16.7 Å². The van der Waals surface area contributed by atoms with Gasteiger partial charge in [-0.05, 0) is 50.2 Å². The first-order valence-corrected chi connectivity index (χ1v) is 11.7. The highest BCUT2D eigenvalue weighted by molar-refractivity contribution is 5.77. The standard InChI is InChI=1S/C25H27N7O/c1-30-13-25(14-30)15-31(16-25)20-8-6-19(7-9-20)28-24-27-12-18-10-17(11-26)23(33)32(22(18)29-24)21-4-2-3-5-21/h6-10,12,21H,2-5,13-16H2,1H3,(H,27,28,29). The molecule has 0 amide bonds. The number of nitrogens with one attached hydrogen (secondary N) is 1. The maximum atomic E-state index is 12.9. The van der Waals surface area contributed by atoms with Crippen molar-refractivity contribution in [3.63, 3.8) is 0 Å². The van der Waals surface area contributed by atoms with Crippen LogP contribution in [0.5, 0.6) is 0 Å². The lowest BCUT2D eigenvalue weighted by Crippen LogP contribution is -2.71. The summed E-state index contributed by atoms with van der Waals surface area (Å²) >= 11 is 0. The number of fused-ring (bicyclic) bond motifs is 1. The van der Waals surface area contributed by atoms with E-state index in [1.54, 1.807) is 16.8 Å². The third kappa shape index (κ3) is 3.44. The molecule has 1 aromatic carbocycles. The van der Waals surface area contributed by atoms with Crippen LogP contribution in [0.1, 0.15) is 37.3 Å². The summed E-state index contributed by atoms with van der Waals surface area (Å²) in [4.78, 5) is 26.9. The molecule has 33 heavy (non-hydrogen) atoms. The van der Waals surface area contributed by atoms with E-state index in [1.165, 1.54) is 18.8 Å². The number of aromatic nitrogens is 3. The van der Waals surface area contributed by atoms with Crippen molar-refractivity contribution in [1.29, 1.82) is 5.26 Å². The molecule has 3 fully saturated rings. The molecule has 8 heteroatoms. The third-order valence-electron chi connectivity index (χ3n) is 7.34. The smallest absolute Gasteiger partial charge is 0.270 e. The molecular formula is C25H27N7O. The van der Waals surface area contributed by atoms with Crippen molar-refractivity contribution in [1.82, 2.24) is 19.4 Å². The summed E-state index contributed by atoms with van der Waals surface area (Å²) in [6.45, 7) is 4.65. The first-order valence-electron chi connectivity index (χ1n) is 11.7. The van der Waals surface area contributed by atoms with Crippen LogP contribution < -0.4 is 15.8 Å². The minimum atomic E-state index is -0.254. The Morgan fingerprint density at radius 2 is 1.85 bits per heavy atom. The average Bonchev–Trinajstić information content (AvgIpc) is 3.30. The number of likely N-dealkylation sites (tertiary alicyclic amines) is 1. The first kappa shape index (κ1) is 20.2. The fourth-order valence-electron chi connectivity index (χ4n) is 5.89. The molecule has 2 saturated heterocycles. The van der Waals surface area contributed by atoms with E-state index in [0.29, 0.717) is 22.4 Å². The van der Waals surface area contributed by atoms with E-state index < -0.39 is 0 Å². The molecule has 1 N–H and O–H groups in total. The molecule has 4 heterocycles. The minimum Gasteiger partial charge on any atom is -0.370 e. The summed E-state index contributed by atoms with van der Waals surface area (Å²) in [6.07, 6.45) is 5.75. The summed E-state index contributed by atoms with van der Waals surface area (Å²) in [6, 6.07) is 12.1. The van der Waals surface area contributed by atoms with E-state index >= 15 is 0 Å². The van der Waals surface area contributed by atoms with E-state index in [2.05, 4.69) is 39.3 Å². The number of hydrogen-bond acceptors (Lipinski definition) is 7. The van der Waals surface area contributed by atoms with E-state index in [1.807, 2.05) is 18.2 Å². The molecular weight excluding hydrogens is 414 g/mol. The molecule has 0 unspecified atom stereocenters. The van der Waals surface area contributed by atoms with Gasteiger partial charge in [0.1, 0.15) is 17.3 Å². The van der Waals surface area contributed by atoms with Crippen molar-refractivity contribution >= 4 is 28.4 Å². The normalized spacial score (nSPS) is 19.9. The Morgan fingerprint density at radius 1 is 1.12 bits per heavy atom. The van der Waals surface area contributed by atoms with Crippen molar-refractivity contribution in [2.75, 3.05) is 43.4 Å². The van der Waals surface area contributed by atoms with Gasteiger partial charge in [0.05, 0.1) is 0 Å². The summed E-state index contributed by atoms with van der Waals surface area (Å²) in [5, 5.41) is 13.4. The Bertz CT molecular complexity index is 1300. The van der Waals surface area contributed by atoms with Gasteiger partial charge in [-0.25, -0.2) is 4.98 Å². The predicted molar refractivity (Wildman–Crippen MR) is 128 cm³/mol. The van der Waals surface area contributed by atoms with Gasteiger partial charge in [0.15, 0.2) is 0 Å². The van der Waals surface area contributed by atoms with Crippen molar-refractivity contribution in [2.24, 2.45) is 5.41 Å². The maximum Gasteiger partial charge on any atom is 0.270 e. The quantitative estimate of drug-likeness (QED) is 0.664. The van der Waals surface area contributed by atoms with Crippen LogP contribution in [0.15, 0.2) is 41.3 Å². The summed E-state index contributed by atoms with van der Waals surface area (Å²) in [7, 11) is 2.18. The predicted octanol–water partition coefficient (Wildman–Crippen LogP) is 3.27. The van der Waals surface area contributed by atoms with Gasteiger partial charge in [0.2, 0.25) is 5.95 Å². The Kier molecular flexibility index (Phi) is 4.63. The molecule has 1 saturated carbocycles. The minimum absolute atomic E-state index is 0.0885. The van der Waals surface area contributed by atoms with Crippen LogP contribution in [-0.4, -0.2) is 52.7 Å². The summed E-state index contributed by atoms with van der Waals surface area (Å²) < 4.78 is 1.72. The molecule has 2 aromatic heterocycles. The molecule has 3 aromatic rings. The zero-order valence-electron chi connectivity index (χ0n) is 18.8. The van der Waals surface area contributed by atoms with Gasteiger partial charge in [0.25, 0.3) is 5.56 Å². The number of anilines is 3. The third-order valence-corrected chi connectivity index (χ3v) is 7.34. The van der Waals surface area contributed by atoms with Gasteiger partial charge in [-0.15, -0.1) is 0 Å². The topological polar surface area (TPSA) is 90.1 Å². The second kappa shape index (κ2) is 7.56. The van der Waals surface area contributed by atoms with Crippen molar-refractivity contribution in [3.05, 3.63) is 52.4 Å². The number of benzene rings is 1. The second-order valence-electron chi connectivity index (χ2n) is 9.96. The van der Waals surface area contributed by atoms with Gasteiger partial charge in [-0.1, -0.05) is 12.8 Å². The number of pyridine rings is 1. The van der Waals surface area contributed by atoms with Crippen LogP contribution in [0.4, 0.5) is 17.3 Å². The largest absolute Gasteiger partial charge is 0.370 e. The van der Waals surface area contributed by atoms with Crippen molar-refractivity contribution < 1.29 is 0 Å². The molecule has 168 valence electrons. The number of rotatable bonds is 4. The fraction of sp³-hybridized carbons (Fsp3) is 0.440. The molecule has 0 bridgehead atoms. The molecule has 1 aliphatic carbocycles. The van der Waals surface area contributed by atoms with E-state index in [-0.39, 0.29) is 17.2 Å². The van der Waals surface area contributed by atoms with E-state index in [0.717, 1.165) is 44.5 Å². The molecule has 2 aliphatic heterocycles. The highest BCUT2D eigenvalue weighted by atomic mass is 16.1. The number of nitriles is 1. The Labute approximate surface area is 192 Å². The SMILES string of the molecule is CN1CC2(C1)CN(c1ccc(Nc3ncc4cc(C#N)c(=O)n(C5CCCC5)c4n3)cc1)C2. The highest BCUT2D eigenvalue weighted by Gasteiger charge is 2.50. The summed E-state index contributed by atoms with van der Waals surface area (Å²) in [5.74, 6) is 0.450. The van der Waals surface area contributed by atoms with Crippen LogP contribution >= 0.6 is 0 Å². The lowest BCUT2D eigenvalue weighted by molar-refractivity contribution is -0.00238. The second-order valence-corrected chi connectivity index (χ2v) is 9.96. The molecule has 8 nitrogen and oxygen atoms in total. The van der Waals surface area contributed by atoms with Crippen molar-refractivity contribution in [3.8, 4) is 6.07 Å². The molecule has 0 radical (unpaired) electrons. The van der Waals surface area contributed by atoms with Crippen LogP contribution in [-0.2, 0) is 0 Å². The first-order chi connectivity index (χ1) is 16.0. The zero-order valence-corrected chi connectivity index (χ0v) is 18.8. The zero-order chi connectivity index (χ0) is 22.6. The Hall–Kier alpha value is -3.44. The van der Waals surface area contributed by atoms with E-state index in [4.69, 9.17) is 4.98 Å². The molecule has 0 atom stereocenters. The fourth-order valence-corrected chi connectivity index (χ4v) is 5.89. The Morgan fingerprint density at radius 3 is 2.52 bits per heavy atom. The monoisotopic (exact) mass is 441 g/mol. The van der Waals surface area contributed by atoms with Crippen LogP contribution in [0.2, 0.25) is 0 Å². The molecule has 3 aliphatic rings.